The number of carbonyl (C=O) groups is 1. The molecule has 128 valence electrons. The van der Waals surface area contributed by atoms with Crippen LogP contribution >= 0.6 is 22.6 Å². The van der Waals surface area contributed by atoms with Gasteiger partial charge in [-0.05, 0) is 34.2 Å². The summed E-state index contributed by atoms with van der Waals surface area (Å²) in [4.78, 5) is 28.6. The van der Waals surface area contributed by atoms with Crippen LogP contribution in [0.25, 0.3) is 5.70 Å². The van der Waals surface area contributed by atoms with E-state index in [9.17, 15) is 14.9 Å². The Bertz CT molecular complexity index is 838. The van der Waals surface area contributed by atoms with Crippen LogP contribution in [0, 0.1) is 10.1 Å². The molecule has 0 bridgehead atoms. The summed E-state index contributed by atoms with van der Waals surface area (Å²) in [6.07, 6.45) is -0.719. The molecule has 2 aromatic carbocycles. The van der Waals surface area contributed by atoms with Crippen molar-refractivity contribution in [1.82, 2.24) is 5.06 Å². The van der Waals surface area contributed by atoms with Gasteiger partial charge >= 0.3 is 6.09 Å². The van der Waals surface area contributed by atoms with Crippen LogP contribution in [0.1, 0.15) is 11.1 Å². The van der Waals surface area contributed by atoms with Crippen LogP contribution in [0.3, 0.4) is 0 Å². The largest absolute Gasteiger partial charge is 0.443 e. The first-order valence-electron chi connectivity index (χ1n) is 7.34. The van der Waals surface area contributed by atoms with Gasteiger partial charge in [-0.15, -0.1) is 0 Å². The van der Waals surface area contributed by atoms with Crippen LogP contribution in [0.15, 0.2) is 58.2 Å². The van der Waals surface area contributed by atoms with E-state index in [1.807, 2.05) is 52.9 Å². The maximum Gasteiger partial charge on any atom is 0.439 e. The molecule has 0 radical (unpaired) electrons. The number of nitro groups is 1. The Morgan fingerprint density at radius 3 is 2.60 bits per heavy atom. The summed E-state index contributed by atoms with van der Waals surface area (Å²) >= 11 is 2.01. The molecule has 1 aliphatic heterocycles. The number of hydrogen-bond donors (Lipinski definition) is 0. The summed E-state index contributed by atoms with van der Waals surface area (Å²) < 4.78 is 5.95. The van der Waals surface area contributed by atoms with Gasteiger partial charge in [-0.3, -0.25) is 15.0 Å². The number of para-hydroxylation sites is 1. The van der Waals surface area contributed by atoms with E-state index in [0.717, 1.165) is 10.6 Å². The van der Waals surface area contributed by atoms with E-state index in [4.69, 9.17) is 9.57 Å². The van der Waals surface area contributed by atoms with Crippen molar-refractivity contribution in [3.8, 4) is 0 Å². The minimum Gasteiger partial charge on any atom is -0.443 e. The molecule has 0 N–H and O–H groups in total. The van der Waals surface area contributed by atoms with Gasteiger partial charge in [-0.2, -0.15) is 5.06 Å². The number of halogens is 1. The molecule has 0 saturated heterocycles. The molecule has 2 aromatic rings. The lowest BCUT2D eigenvalue weighted by atomic mass is 10.1. The van der Waals surface area contributed by atoms with Crippen molar-refractivity contribution >= 4 is 40.1 Å². The zero-order valence-corrected chi connectivity index (χ0v) is 15.1. The first-order valence-corrected chi connectivity index (χ1v) is 8.42. The molecule has 0 aliphatic carbocycles. The molecule has 0 saturated carbocycles. The zero-order valence-electron chi connectivity index (χ0n) is 12.9. The van der Waals surface area contributed by atoms with Gasteiger partial charge < -0.3 is 4.74 Å². The van der Waals surface area contributed by atoms with E-state index in [1.165, 1.54) is 6.07 Å². The van der Waals surface area contributed by atoms with Gasteiger partial charge in [0.2, 0.25) is 0 Å². The van der Waals surface area contributed by atoms with Crippen LogP contribution in [0.2, 0.25) is 0 Å². The number of hydrogen-bond acceptors (Lipinski definition) is 5. The standard InChI is InChI=1S/C17H13IN2O5/c18-14-11-25-19(17(21)24-10-12-6-2-1-3-7-12)16(14)13-8-4-5-9-15(13)20(22)23/h1-9H,10-11H2. The average molecular weight is 452 g/mol. The predicted octanol–water partition coefficient (Wildman–Crippen LogP) is 4.28. The summed E-state index contributed by atoms with van der Waals surface area (Å²) in [5.41, 5.74) is 1.39. The van der Waals surface area contributed by atoms with Gasteiger partial charge in [0.05, 0.1) is 10.5 Å². The van der Waals surface area contributed by atoms with Gasteiger partial charge in [0.1, 0.15) is 18.9 Å². The van der Waals surface area contributed by atoms with Gasteiger partial charge in [-0.25, -0.2) is 4.79 Å². The Kier molecular flexibility index (Phi) is 5.29. The lowest BCUT2D eigenvalue weighted by Crippen LogP contribution is -2.27. The Hall–Kier alpha value is -2.46. The monoisotopic (exact) mass is 452 g/mol. The van der Waals surface area contributed by atoms with E-state index in [2.05, 4.69) is 0 Å². The number of carbonyl (C=O) groups excluding carboxylic acids is 1. The van der Waals surface area contributed by atoms with E-state index in [-0.39, 0.29) is 18.9 Å². The smallest absolute Gasteiger partial charge is 0.439 e. The van der Waals surface area contributed by atoms with Crippen molar-refractivity contribution in [1.29, 1.82) is 0 Å². The second kappa shape index (κ2) is 7.62. The normalized spacial score (nSPS) is 13.9. The molecule has 25 heavy (non-hydrogen) atoms. The minimum absolute atomic E-state index is 0.0836. The summed E-state index contributed by atoms with van der Waals surface area (Å²) in [6, 6.07) is 15.4. The molecule has 3 rings (SSSR count). The van der Waals surface area contributed by atoms with Crippen LogP contribution in [0.4, 0.5) is 10.5 Å². The summed E-state index contributed by atoms with van der Waals surface area (Å²) in [5, 5.41) is 12.3. The van der Waals surface area contributed by atoms with Gasteiger partial charge in [0, 0.05) is 9.65 Å². The Balaban J connectivity index is 1.83. The second-order valence-electron chi connectivity index (χ2n) is 5.14. The van der Waals surface area contributed by atoms with E-state index < -0.39 is 11.0 Å². The highest BCUT2D eigenvalue weighted by Crippen LogP contribution is 2.37. The number of nitro benzene ring substituents is 1. The number of benzene rings is 2. The topological polar surface area (TPSA) is 81.9 Å². The first-order chi connectivity index (χ1) is 12.1. The minimum atomic E-state index is -0.719. The SMILES string of the molecule is O=C(OCc1ccccc1)N1OCC(I)=C1c1ccccc1[N+](=O)[O-]. The predicted molar refractivity (Wildman–Crippen MR) is 98.5 cm³/mol. The fourth-order valence-electron chi connectivity index (χ4n) is 2.37. The van der Waals surface area contributed by atoms with Crippen molar-refractivity contribution < 1.29 is 19.3 Å². The summed E-state index contributed by atoms with van der Waals surface area (Å²) in [7, 11) is 0. The number of ether oxygens (including phenoxy) is 1. The number of nitrogens with zero attached hydrogens (tertiary/aromatic N) is 2. The third kappa shape index (κ3) is 3.80. The van der Waals surface area contributed by atoms with Crippen LogP contribution in [-0.2, 0) is 16.2 Å². The molecule has 8 heteroatoms. The molecule has 0 fully saturated rings. The number of rotatable bonds is 4. The van der Waals surface area contributed by atoms with Crippen LogP contribution in [-0.4, -0.2) is 22.7 Å². The fourth-order valence-corrected chi connectivity index (χ4v) is 3.02. The molecular weight excluding hydrogens is 439 g/mol. The quantitative estimate of drug-likeness (QED) is 0.393. The molecular formula is C17H13IN2O5. The molecule has 1 amide bonds. The van der Waals surface area contributed by atoms with Gasteiger partial charge in [-0.1, -0.05) is 42.5 Å². The molecule has 0 unspecified atom stereocenters. The third-order valence-corrected chi connectivity index (χ3v) is 4.33. The summed E-state index contributed by atoms with van der Waals surface area (Å²) in [6.45, 7) is 0.239. The van der Waals surface area contributed by atoms with E-state index in [0.29, 0.717) is 14.8 Å². The summed E-state index contributed by atoms with van der Waals surface area (Å²) in [5.74, 6) is 0. The molecule has 1 heterocycles. The van der Waals surface area contributed by atoms with E-state index in [1.54, 1.807) is 18.2 Å². The average Bonchev–Trinajstić information content (AvgIpc) is 3.02. The van der Waals surface area contributed by atoms with Crippen LogP contribution < -0.4 is 0 Å². The zero-order chi connectivity index (χ0) is 17.8. The number of hydroxylamine groups is 2. The first kappa shape index (κ1) is 17.4. The van der Waals surface area contributed by atoms with E-state index >= 15 is 0 Å². The highest BCUT2D eigenvalue weighted by molar-refractivity contribution is 14.1. The molecule has 0 spiro atoms. The van der Waals surface area contributed by atoms with Crippen molar-refractivity contribution in [2.45, 2.75) is 6.61 Å². The maximum absolute atomic E-state index is 12.4. The second-order valence-corrected chi connectivity index (χ2v) is 6.44. The van der Waals surface area contributed by atoms with Gasteiger partial charge in [0.25, 0.3) is 5.69 Å². The highest BCUT2D eigenvalue weighted by Gasteiger charge is 2.34. The van der Waals surface area contributed by atoms with Crippen molar-refractivity contribution in [2.24, 2.45) is 0 Å². The Morgan fingerprint density at radius 2 is 1.88 bits per heavy atom. The molecule has 0 atom stereocenters. The lowest BCUT2D eigenvalue weighted by Gasteiger charge is -2.18. The van der Waals surface area contributed by atoms with Gasteiger partial charge in [0.15, 0.2) is 0 Å². The fraction of sp³-hybridized carbons (Fsp3) is 0.118. The van der Waals surface area contributed by atoms with Crippen molar-refractivity contribution in [3.05, 3.63) is 79.4 Å². The van der Waals surface area contributed by atoms with Crippen molar-refractivity contribution in [3.63, 3.8) is 0 Å². The Labute approximate surface area is 157 Å². The molecule has 1 aliphatic rings. The highest BCUT2D eigenvalue weighted by atomic mass is 127. The maximum atomic E-state index is 12.4. The van der Waals surface area contributed by atoms with Crippen molar-refractivity contribution in [2.75, 3.05) is 6.61 Å². The molecule has 7 nitrogen and oxygen atoms in total. The Morgan fingerprint density at radius 1 is 1.20 bits per heavy atom. The number of amides is 1. The van der Waals surface area contributed by atoms with Crippen LogP contribution in [0.5, 0.6) is 0 Å². The molecule has 0 aromatic heterocycles. The lowest BCUT2D eigenvalue weighted by molar-refractivity contribution is -0.385. The third-order valence-electron chi connectivity index (χ3n) is 3.51.